The molecule has 174 valence electrons. The summed E-state index contributed by atoms with van der Waals surface area (Å²) in [7, 11) is 1.67. The summed E-state index contributed by atoms with van der Waals surface area (Å²) >= 11 is 6.40. The lowest BCUT2D eigenvalue weighted by molar-refractivity contribution is -0.115. The number of fused-ring (bicyclic) bond motifs is 1. The Morgan fingerprint density at radius 1 is 1.21 bits per heavy atom. The van der Waals surface area contributed by atoms with Crippen LogP contribution in [0.5, 0.6) is 5.75 Å². The Labute approximate surface area is 208 Å². The van der Waals surface area contributed by atoms with E-state index in [4.69, 9.17) is 26.7 Å². The SMILES string of the molecule is COc1ccc(C=C2SC(=S)NC2=O)cc1-c1nc2ccccc2cc1CCN1CCOCC1. The van der Waals surface area contributed by atoms with Crippen LogP contribution < -0.4 is 10.1 Å². The molecule has 0 aliphatic carbocycles. The van der Waals surface area contributed by atoms with E-state index in [1.54, 1.807) is 7.11 Å². The number of amides is 1. The van der Waals surface area contributed by atoms with Crippen LogP contribution in [0.1, 0.15) is 11.1 Å². The summed E-state index contributed by atoms with van der Waals surface area (Å²) < 4.78 is 11.7. The molecule has 1 amide bonds. The zero-order chi connectivity index (χ0) is 23.5. The number of thiocarbonyl (C=S) groups is 1. The second-order valence-corrected chi connectivity index (χ2v) is 9.92. The van der Waals surface area contributed by atoms with E-state index in [1.165, 1.54) is 17.3 Å². The maximum atomic E-state index is 12.2. The first-order valence-electron chi connectivity index (χ1n) is 11.2. The van der Waals surface area contributed by atoms with Crippen molar-refractivity contribution < 1.29 is 14.3 Å². The van der Waals surface area contributed by atoms with Gasteiger partial charge in [0.2, 0.25) is 0 Å². The van der Waals surface area contributed by atoms with E-state index in [2.05, 4.69) is 22.3 Å². The lowest BCUT2D eigenvalue weighted by Crippen LogP contribution is -2.37. The molecule has 0 bridgehead atoms. The van der Waals surface area contributed by atoms with Crippen molar-refractivity contribution in [3.63, 3.8) is 0 Å². The van der Waals surface area contributed by atoms with Crippen LogP contribution in [0.25, 0.3) is 28.2 Å². The quantitative estimate of drug-likeness (QED) is 0.408. The summed E-state index contributed by atoms with van der Waals surface area (Å²) in [6.07, 6.45) is 2.73. The largest absolute Gasteiger partial charge is 0.496 e. The van der Waals surface area contributed by atoms with Crippen molar-refractivity contribution in [3.05, 3.63) is 64.6 Å². The van der Waals surface area contributed by atoms with Crippen molar-refractivity contribution >= 4 is 51.2 Å². The molecule has 2 aliphatic rings. The van der Waals surface area contributed by atoms with Gasteiger partial charge in [-0.3, -0.25) is 9.69 Å². The van der Waals surface area contributed by atoms with Gasteiger partial charge in [-0.05, 0) is 47.9 Å². The number of pyridine rings is 1. The fourth-order valence-corrected chi connectivity index (χ4v) is 5.30. The number of methoxy groups -OCH3 is 1. The number of nitrogens with zero attached hydrogens (tertiary/aromatic N) is 2. The molecule has 1 aromatic heterocycles. The number of para-hydroxylation sites is 1. The topological polar surface area (TPSA) is 63.7 Å². The molecule has 2 saturated heterocycles. The van der Waals surface area contributed by atoms with E-state index < -0.39 is 0 Å². The summed E-state index contributed by atoms with van der Waals surface area (Å²) in [5, 5.41) is 3.79. The highest BCUT2D eigenvalue weighted by molar-refractivity contribution is 8.26. The van der Waals surface area contributed by atoms with Crippen LogP contribution in [0.3, 0.4) is 0 Å². The standard InChI is InChI=1S/C26H25N3O3S2/c1-31-22-7-6-17(15-23-25(30)28-26(33)34-23)14-20(22)24-19(8-9-29-10-12-32-13-11-29)16-18-4-2-3-5-21(18)27-24/h2-7,14-16H,8-13H2,1H3,(H,28,30,33). The Hall–Kier alpha value is -2.78. The number of rotatable bonds is 6. The highest BCUT2D eigenvalue weighted by atomic mass is 32.2. The Morgan fingerprint density at radius 3 is 2.79 bits per heavy atom. The molecule has 1 N–H and O–H groups in total. The monoisotopic (exact) mass is 491 g/mol. The molecule has 3 heterocycles. The molecule has 2 aromatic carbocycles. The molecule has 0 saturated carbocycles. The minimum absolute atomic E-state index is 0.164. The third-order valence-electron chi connectivity index (χ3n) is 6.02. The smallest absolute Gasteiger partial charge is 0.263 e. The highest BCUT2D eigenvalue weighted by Crippen LogP contribution is 2.35. The molecular formula is C26H25N3O3S2. The van der Waals surface area contributed by atoms with Gasteiger partial charge in [0.05, 0.1) is 36.4 Å². The number of hydrogen-bond acceptors (Lipinski definition) is 7. The molecule has 5 rings (SSSR count). The number of morpholine rings is 1. The first kappa shape index (κ1) is 23.0. The number of hydrogen-bond donors (Lipinski definition) is 1. The lowest BCUT2D eigenvalue weighted by Gasteiger charge is -2.27. The van der Waals surface area contributed by atoms with Crippen LogP contribution in [0.15, 0.2) is 53.4 Å². The van der Waals surface area contributed by atoms with Gasteiger partial charge in [0, 0.05) is 30.6 Å². The number of benzene rings is 2. The lowest BCUT2D eigenvalue weighted by atomic mass is 9.98. The van der Waals surface area contributed by atoms with Crippen molar-refractivity contribution in [1.82, 2.24) is 15.2 Å². The van der Waals surface area contributed by atoms with Crippen LogP contribution in [-0.4, -0.2) is 60.1 Å². The van der Waals surface area contributed by atoms with Crippen LogP contribution in [0, 0.1) is 0 Å². The predicted molar refractivity (Wildman–Crippen MR) is 141 cm³/mol. The minimum atomic E-state index is -0.164. The number of aromatic nitrogens is 1. The van der Waals surface area contributed by atoms with Crippen molar-refractivity contribution in [2.24, 2.45) is 0 Å². The van der Waals surface area contributed by atoms with Crippen LogP contribution in [-0.2, 0) is 16.0 Å². The number of thioether (sulfide) groups is 1. The van der Waals surface area contributed by atoms with E-state index in [-0.39, 0.29) is 5.91 Å². The zero-order valence-electron chi connectivity index (χ0n) is 18.9. The van der Waals surface area contributed by atoms with Crippen molar-refractivity contribution in [2.75, 3.05) is 40.0 Å². The Balaban J connectivity index is 1.56. The van der Waals surface area contributed by atoms with E-state index in [1.807, 2.05) is 42.5 Å². The molecule has 8 heteroatoms. The minimum Gasteiger partial charge on any atom is -0.496 e. The van der Waals surface area contributed by atoms with Crippen molar-refractivity contribution in [3.8, 4) is 17.0 Å². The molecule has 0 radical (unpaired) electrons. The summed E-state index contributed by atoms with van der Waals surface area (Å²) in [4.78, 5) is 20.2. The van der Waals surface area contributed by atoms with Gasteiger partial charge in [0.25, 0.3) is 5.91 Å². The summed E-state index contributed by atoms with van der Waals surface area (Å²) in [5.74, 6) is 0.582. The van der Waals surface area contributed by atoms with E-state index in [0.717, 1.165) is 72.7 Å². The Kier molecular flexibility index (Phi) is 6.92. The van der Waals surface area contributed by atoms with Gasteiger partial charge in [0.1, 0.15) is 10.1 Å². The molecule has 0 spiro atoms. The van der Waals surface area contributed by atoms with E-state index in [9.17, 15) is 4.79 Å². The van der Waals surface area contributed by atoms with Crippen LogP contribution in [0.4, 0.5) is 0 Å². The molecule has 34 heavy (non-hydrogen) atoms. The van der Waals surface area contributed by atoms with E-state index >= 15 is 0 Å². The number of carbonyl (C=O) groups is 1. The van der Waals surface area contributed by atoms with Gasteiger partial charge in [-0.1, -0.05) is 48.2 Å². The molecule has 0 unspecified atom stereocenters. The molecule has 3 aromatic rings. The van der Waals surface area contributed by atoms with E-state index in [0.29, 0.717) is 9.23 Å². The average molecular weight is 492 g/mol. The normalized spacial score (nSPS) is 18.0. The Morgan fingerprint density at radius 2 is 2.03 bits per heavy atom. The number of nitrogens with one attached hydrogen (secondary N) is 1. The average Bonchev–Trinajstić information content (AvgIpc) is 3.18. The fourth-order valence-electron chi connectivity index (χ4n) is 4.26. The molecule has 0 atom stereocenters. The third-order valence-corrected chi connectivity index (χ3v) is 7.19. The predicted octanol–water partition coefficient (Wildman–Crippen LogP) is 4.27. The summed E-state index contributed by atoms with van der Waals surface area (Å²) in [6.45, 7) is 4.40. The van der Waals surface area contributed by atoms with Crippen molar-refractivity contribution in [1.29, 1.82) is 0 Å². The summed E-state index contributed by atoms with van der Waals surface area (Å²) in [6, 6.07) is 16.3. The number of carbonyl (C=O) groups excluding carboxylic acids is 1. The highest BCUT2D eigenvalue weighted by Gasteiger charge is 2.22. The maximum Gasteiger partial charge on any atom is 0.263 e. The van der Waals surface area contributed by atoms with Crippen molar-refractivity contribution in [2.45, 2.75) is 6.42 Å². The Bertz CT molecular complexity index is 1290. The van der Waals surface area contributed by atoms with Gasteiger partial charge >= 0.3 is 0 Å². The van der Waals surface area contributed by atoms with Gasteiger partial charge in [-0.15, -0.1) is 0 Å². The third kappa shape index (κ3) is 5.00. The van der Waals surface area contributed by atoms with Gasteiger partial charge in [-0.25, -0.2) is 4.98 Å². The second-order valence-electron chi connectivity index (χ2n) is 8.20. The molecule has 2 aliphatic heterocycles. The van der Waals surface area contributed by atoms with Crippen LogP contribution in [0.2, 0.25) is 0 Å². The first-order valence-corrected chi connectivity index (χ1v) is 12.5. The maximum absolute atomic E-state index is 12.2. The van der Waals surface area contributed by atoms with Crippen LogP contribution >= 0.6 is 24.0 Å². The van der Waals surface area contributed by atoms with Gasteiger partial charge < -0.3 is 14.8 Å². The molecule has 2 fully saturated rings. The van der Waals surface area contributed by atoms with Gasteiger partial charge in [-0.2, -0.15) is 0 Å². The fraction of sp³-hybridized carbons (Fsp3) is 0.269. The zero-order valence-corrected chi connectivity index (χ0v) is 20.5. The number of ether oxygens (including phenoxy) is 2. The van der Waals surface area contributed by atoms with Gasteiger partial charge in [0.15, 0.2) is 0 Å². The first-order chi connectivity index (χ1) is 16.6. The molecular weight excluding hydrogens is 466 g/mol. The summed E-state index contributed by atoms with van der Waals surface area (Å²) in [5.41, 5.74) is 4.82. The molecule has 6 nitrogen and oxygen atoms in total. The second kappa shape index (κ2) is 10.2.